The van der Waals surface area contributed by atoms with Gasteiger partial charge in [0.1, 0.15) is 5.60 Å². The van der Waals surface area contributed by atoms with Crippen molar-refractivity contribution in [2.45, 2.75) is 24.9 Å². The van der Waals surface area contributed by atoms with Gasteiger partial charge in [-0.1, -0.05) is 42.5 Å². The molecule has 0 saturated heterocycles. The van der Waals surface area contributed by atoms with Crippen molar-refractivity contribution in [3.05, 3.63) is 71.4 Å². The van der Waals surface area contributed by atoms with E-state index in [1.165, 1.54) is 11.1 Å². The average molecular weight is 263 g/mol. The van der Waals surface area contributed by atoms with Crippen LogP contribution in [0.3, 0.4) is 0 Å². The lowest BCUT2D eigenvalue weighted by Gasteiger charge is -2.32. The van der Waals surface area contributed by atoms with Crippen molar-refractivity contribution in [2.24, 2.45) is 0 Å². The van der Waals surface area contributed by atoms with Crippen LogP contribution >= 0.6 is 0 Å². The third-order valence-corrected chi connectivity index (χ3v) is 4.44. The van der Waals surface area contributed by atoms with Gasteiger partial charge in [-0.3, -0.25) is 0 Å². The van der Waals surface area contributed by atoms with Crippen molar-refractivity contribution in [1.29, 1.82) is 0 Å². The second-order valence-corrected chi connectivity index (χ2v) is 5.75. The fourth-order valence-electron chi connectivity index (χ4n) is 3.27. The first-order valence-electron chi connectivity index (χ1n) is 7.12. The minimum atomic E-state index is -0.770. The lowest BCUT2D eigenvalue weighted by Crippen LogP contribution is -2.33. The first-order chi connectivity index (χ1) is 9.74. The maximum Gasteiger partial charge on any atom is 0.109 e. The van der Waals surface area contributed by atoms with E-state index < -0.39 is 5.60 Å². The number of aromatic nitrogens is 1. The molecule has 1 aromatic heterocycles. The van der Waals surface area contributed by atoms with Crippen LogP contribution in [0.15, 0.2) is 54.6 Å². The van der Waals surface area contributed by atoms with E-state index in [4.69, 9.17) is 0 Å². The van der Waals surface area contributed by atoms with Crippen molar-refractivity contribution in [2.75, 3.05) is 0 Å². The fourth-order valence-corrected chi connectivity index (χ4v) is 3.27. The molecule has 4 rings (SSSR count). The van der Waals surface area contributed by atoms with Crippen LogP contribution in [-0.2, 0) is 18.4 Å². The van der Waals surface area contributed by atoms with Crippen molar-refractivity contribution < 1.29 is 5.11 Å². The Labute approximate surface area is 118 Å². The van der Waals surface area contributed by atoms with E-state index in [9.17, 15) is 5.11 Å². The Morgan fingerprint density at radius 3 is 2.55 bits per heavy atom. The number of rotatable bonds is 1. The standard InChI is InChI=1S/C18H17NO/c20-18(10-9-13-5-1-2-7-15(13)12-18)17-11-14-6-3-4-8-16(14)19-17/h1-8,11,19-20H,9-10,12H2. The SMILES string of the molecule is OC1(c2cc3ccccc3[nH]2)CCc2ccccc2C1. The number of fused-ring (bicyclic) bond motifs is 2. The molecular weight excluding hydrogens is 246 g/mol. The van der Waals surface area contributed by atoms with Crippen LogP contribution in [0.5, 0.6) is 0 Å². The van der Waals surface area contributed by atoms with Gasteiger partial charge in [-0.15, -0.1) is 0 Å². The molecule has 1 aliphatic carbocycles. The van der Waals surface area contributed by atoms with E-state index in [0.29, 0.717) is 6.42 Å². The molecule has 2 N–H and O–H groups in total. The summed E-state index contributed by atoms with van der Waals surface area (Å²) in [7, 11) is 0. The van der Waals surface area contributed by atoms with Gasteiger partial charge in [0.15, 0.2) is 0 Å². The average Bonchev–Trinajstić information content (AvgIpc) is 2.92. The quantitative estimate of drug-likeness (QED) is 0.692. The molecule has 2 heteroatoms. The Hall–Kier alpha value is -2.06. The summed E-state index contributed by atoms with van der Waals surface area (Å²) >= 11 is 0. The summed E-state index contributed by atoms with van der Waals surface area (Å²) in [5.41, 5.74) is 3.89. The summed E-state index contributed by atoms with van der Waals surface area (Å²) in [6.07, 6.45) is 2.40. The third-order valence-electron chi connectivity index (χ3n) is 4.44. The van der Waals surface area contributed by atoms with Crippen LogP contribution in [0.25, 0.3) is 10.9 Å². The molecule has 2 aromatic carbocycles. The van der Waals surface area contributed by atoms with Gasteiger partial charge in [-0.25, -0.2) is 0 Å². The lowest BCUT2D eigenvalue weighted by molar-refractivity contribution is 0.0187. The van der Waals surface area contributed by atoms with E-state index in [-0.39, 0.29) is 0 Å². The predicted molar refractivity (Wildman–Crippen MR) is 80.7 cm³/mol. The van der Waals surface area contributed by atoms with Crippen LogP contribution in [0.2, 0.25) is 0 Å². The number of H-pyrrole nitrogens is 1. The lowest BCUT2D eigenvalue weighted by atomic mass is 9.79. The number of hydrogen-bond donors (Lipinski definition) is 2. The molecule has 0 amide bonds. The molecule has 0 aliphatic heterocycles. The number of benzene rings is 2. The normalized spacial score (nSPS) is 21.9. The van der Waals surface area contributed by atoms with Gasteiger partial charge in [0.2, 0.25) is 0 Å². The number of nitrogens with one attached hydrogen (secondary N) is 1. The second kappa shape index (κ2) is 4.22. The molecule has 1 unspecified atom stereocenters. The molecule has 0 fully saturated rings. The Bertz CT molecular complexity index is 741. The maximum atomic E-state index is 11.1. The van der Waals surface area contributed by atoms with Gasteiger partial charge in [0.25, 0.3) is 0 Å². The van der Waals surface area contributed by atoms with E-state index in [2.05, 4.69) is 47.4 Å². The zero-order valence-electron chi connectivity index (χ0n) is 11.3. The molecular formula is C18H17NO. The second-order valence-electron chi connectivity index (χ2n) is 5.75. The zero-order valence-corrected chi connectivity index (χ0v) is 11.3. The van der Waals surface area contributed by atoms with Crippen LogP contribution in [-0.4, -0.2) is 10.1 Å². The van der Waals surface area contributed by atoms with E-state index >= 15 is 0 Å². The Morgan fingerprint density at radius 1 is 0.950 bits per heavy atom. The zero-order chi connectivity index (χ0) is 13.6. The Balaban J connectivity index is 1.78. The monoisotopic (exact) mass is 263 g/mol. The van der Waals surface area contributed by atoms with E-state index in [1.807, 2.05) is 12.1 Å². The Kier molecular flexibility index (Phi) is 2.48. The largest absolute Gasteiger partial charge is 0.383 e. The molecule has 1 heterocycles. The van der Waals surface area contributed by atoms with Gasteiger partial charge >= 0.3 is 0 Å². The van der Waals surface area contributed by atoms with Crippen molar-refractivity contribution in [3.8, 4) is 0 Å². The summed E-state index contributed by atoms with van der Waals surface area (Å²) in [5, 5.41) is 12.2. The van der Waals surface area contributed by atoms with Gasteiger partial charge in [-0.05, 0) is 41.5 Å². The summed E-state index contributed by atoms with van der Waals surface area (Å²) in [4.78, 5) is 3.39. The molecule has 0 radical (unpaired) electrons. The highest BCUT2D eigenvalue weighted by Crippen LogP contribution is 2.37. The number of para-hydroxylation sites is 1. The molecule has 2 nitrogen and oxygen atoms in total. The molecule has 0 spiro atoms. The van der Waals surface area contributed by atoms with Gasteiger partial charge in [-0.2, -0.15) is 0 Å². The van der Waals surface area contributed by atoms with E-state index in [1.54, 1.807) is 0 Å². The first kappa shape index (κ1) is 11.7. The number of hydrogen-bond acceptors (Lipinski definition) is 1. The minimum Gasteiger partial charge on any atom is -0.383 e. The topological polar surface area (TPSA) is 36.0 Å². The number of aromatic amines is 1. The molecule has 1 atom stereocenters. The number of aryl methyl sites for hydroxylation is 1. The summed E-state index contributed by atoms with van der Waals surface area (Å²) in [6, 6.07) is 18.7. The molecule has 20 heavy (non-hydrogen) atoms. The molecule has 0 bridgehead atoms. The van der Waals surface area contributed by atoms with Crippen molar-refractivity contribution in [3.63, 3.8) is 0 Å². The first-order valence-corrected chi connectivity index (χ1v) is 7.12. The highest BCUT2D eigenvalue weighted by atomic mass is 16.3. The third kappa shape index (κ3) is 1.76. The smallest absolute Gasteiger partial charge is 0.109 e. The highest BCUT2D eigenvalue weighted by Gasteiger charge is 2.34. The van der Waals surface area contributed by atoms with Crippen molar-refractivity contribution in [1.82, 2.24) is 4.98 Å². The summed E-state index contributed by atoms with van der Waals surface area (Å²) in [6.45, 7) is 0. The molecule has 3 aromatic rings. The molecule has 0 saturated carbocycles. The van der Waals surface area contributed by atoms with Crippen LogP contribution in [0, 0.1) is 0 Å². The summed E-state index contributed by atoms with van der Waals surface area (Å²) < 4.78 is 0. The predicted octanol–water partition coefficient (Wildman–Crippen LogP) is 3.54. The molecule has 1 aliphatic rings. The molecule has 100 valence electrons. The Morgan fingerprint density at radius 2 is 1.70 bits per heavy atom. The fraction of sp³-hybridized carbons (Fsp3) is 0.222. The van der Waals surface area contributed by atoms with E-state index in [0.717, 1.165) is 29.4 Å². The van der Waals surface area contributed by atoms with Gasteiger partial charge in [0, 0.05) is 17.6 Å². The van der Waals surface area contributed by atoms with Gasteiger partial charge in [0.05, 0.1) is 0 Å². The minimum absolute atomic E-state index is 0.690. The summed E-state index contributed by atoms with van der Waals surface area (Å²) in [5.74, 6) is 0. The van der Waals surface area contributed by atoms with Crippen LogP contribution in [0.4, 0.5) is 0 Å². The van der Waals surface area contributed by atoms with Gasteiger partial charge < -0.3 is 10.1 Å². The maximum absolute atomic E-state index is 11.1. The van der Waals surface area contributed by atoms with Crippen LogP contribution < -0.4 is 0 Å². The van der Waals surface area contributed by atoms with Crippen LogP contribution in [0.1, 0.15) is 23.2 Å². The highest BCUT2D eigenvalue weighted by molar-refractivity contribution is 5.80. The van der Waals surface area contributed by atoms with Crippen molar-refractivity contribution >= 4 is 10.9 Å². The number of aliphatic hydroxyl groups is 1.